The molecule has 0 saturated carbocycles. The molecule has 3 aromatic rings. The minimum absolute atomic E-state index is 0.188. The minimum atomic E-state index is -3.65. The summed E-state index contributed by atoms with van der Waals surface area (Å²) in [7, 11) is -3.65. The molecule has 1 unspecified atom stereocenters. The molecule has 0 heterocycles. The number of amides is 1. The zero-order chi connectivity index (χ0) is 21.7. The molecule has 0 spiro atoms. The summed E-state index contributed by atoms with van der Waals surface area (Å²) in [5, 5.41) is 3.01. The summed E-state index contributed by atoms with van der Waals surface area (Å²) in [6.45, 7) is 1.77. The van der Waals surface area contributed by atoms with Crippen LogP contribution < -0.4 is 10.0 Å². The van der Waals surface area contributed by atoms with Crippen molar-refractivity contribution in [2.24, 2.45) is 0 Å². The molecule has 3 aromatic carbocycles. The topological polar surface area (TPSA) is 75.3 Å². The number of thioether (sulfide) groups is 1. The van der Waals surface area contributed by atoms with Gasteiger partial charge in [-0.05, 0) is 55.5 Å². The second kappa shape index (κ2) is 9.75. The maximum atomic E-state index is 12.5. The molecule has 1 atom stereocenters. The standard InChI is InChI=1S/C21H18Cl2N2O3S2/c1-14(21(26)24-19-9-5-8-18(22)20(19)23)29-16-12-10-15(11-13-16)25-30(27,28)17-6-3-2-4-7-17/h2-14,25H,1H3,(H,24,26). The summed E-state index contributed by atoms with van der Waals surface area (Å²) < 4.78 is 27.3. The summed E-state index contributed by atoms with van der Waals surface area (Å²) >= 11 is 13.4. The molecule has 30 heavy (non-hydrogen) atoms. The lowest BCUT2D eigenvalue weighted by Gasteiger charge is -2.14. The summed E-state index contributed by atoms with van der Waals surface area (Å²) in [5.41, 5.74) is 0.887. The Bertz CT molecular complexity index is 1140. The number of halogens is 2. The predicted octanol–water partition coefficient (Wildman–Crippen LogP) is 5.91. The second-order valence-electron chi connectivity index (χ2n) is 6.29. The van der Waals surface area contributed by atoms with Gasteiger partial charge in [0.15, 0.2) is 0 Å². The fourth-order valence-electron chi connectivity index (χ4n) is 2.51. The highest BCUT2D eigenvalue weighted by atomic mass is 35.5. The Morgan fingerprint density at radius 2 is 1.60 bits per heavy atom. The van der Waals surface area contributed by atoms with E-state index >= 15 is 0 Å². The highest BCUT2D eigenvalue weighted by Gasteiger charge is 2.17. The van der Waals surface area contributed by atoms with Crippen molar-refractivity contribution >= 4 is 62.3 Å². The number of hydrogen-bond acceptors (Lipinski definition) is 4. The van der Waals surface area contributed by atoms with E-state index in [1.165, 1.54) is 23.9 Å². The molecule has 0 bridgehead atoms. The average molecular weight is 481 g/mol. The number of rotatable bonds is 7. The molecule has 0 aliphatic rings. The van der Waals surface area contributed by atoms with E-state index in [1.807, 2.05) is 0 Å². The quantitative estimate of drug-likeness (QED) is 0.411. The number of anilines is 2. The molecule has 3 rings (SSSR count). The Kier molecular flexibility index (Phi) is 7.31. The van der Waals surface area contributed by atoms with Crippen molar-refractivity contribution in [1.82, 2.24) is 0 Å². The largest absolute Gasteiger partial charge is 0.324 e. The lowest BCUT2D eigenvalue weighted by molar-refractivity contribution is -0.115. The third-order valence-electron chi connectivity index (χ3n) is 4.05. The van der Waals surface area contributed by atoms with Crippen LogP contribution in [-0.4, -0.2) is 19.6 Å². The number of benzene rings is 3. The fourth-order valence-corrected chi connectivity index (χ4v) is 4.80. The van der Waals surface area contributed by atoms with Crippen LogP contribution in [0.3, 0.4) is 0 Å². The molecule has 9 heteroatoms. The van der Waals surface area contributed by atoms with Gasteiger partial charge < -0.3 is 5.32 Å². The van der Waals surface area contributed by atoms with Gasteiger partial charge in [0, 0.05) is 10.6 Å². The van der Waals surface area contributed by atoms with E-state index in [-0.39, 0.29) is 10.8 Å². The first kappa shape index (κ1) is 22.5. The number of carbonyl (C=O) groups excluding carboxylic acids is 1. The molecule has 0 aliphatic carbocycles. The van der Waals surface area contributed by atoms with Crippen LogP contribution in [0.25, 0.3) is 0 Å². The van der Waals surface area contributed by atoms with Gasteiger partial charge in [0.2, 0.25) is 5.91 Å². The molecule has 156 valence electrons. The van der Waals surface area contributed by atoms with E-state index in [9.17, 15) is 13.2 Å². The molecule has 0 fully saturated rings. The lowest BCUT2D eigenvalue weighted by Crippen LogP contribution is -2.22. The van der Waals surface area contributed by atoms with Crippen LogP contribution in [0.5, 0.6) is 0 Å². The van der Waals surface area contributed by atoms with Gasteiger partial charge in [-0.25, -0.2) is 8.42 Å². The van der Waals surface area contributed by atoms with Gasteiger partial charge in [0.1, 0.15) is 0 Å². The van der Waals surface area contributed by atoms with E-state index in [4.69, 9.17) is 23.2 Å². The van der Waals surface area contributed by atoms with Crippen LogP contribution in [0.1, 0.15) is 6.92 Å². The van der Waals surface area contributed by atoms with Crippen LogP contribution in [0.4, 0.5) is 11.4 Å². The van der Waals surface area contributed by atoms with E-state index in [0.717, 1.165) is 4.90 Å². The Morgan fingerprint density at radius 3 is 2.27 bits per heavy atom. The maximum Gasteiger partial charge on any atom is 0.261 e. The summed E-state index contributed by atoms with van der Waals surface area (Å²) in [6.07, 6.45) is 0. The molecular formula is C21H18Cl2N2O3S2. The first-order chi connectivity index (χ1) is 14.3. The monoisotopic (exact) mass is 480 g/mol. The van der Waals surface area contributed by atoms with Crippen molar-refractivity contribution in [3.63, 3.8) is 0 Å². The summed E-state index contributed by atoms with van der Waals surface area (Å²) in [6, 6.07) is 20.0. The Morgan fingerprint density at radius 1 is 0.933 bits per heavy atom. The van der Waals surface area contributed by atoms with E-state index in [2.05, 4.69) is 10.0 Å². The molecule has 0 radical (unpaired) electrons. The van der Waals surface area contributed by atoms with Crippen molar-refractivity contribution in [2.75, 3.05) is 10.0 Å². The maximum absolute atomic E-state index is 12.5. The molecular weight excluding hydrogens is 463 g/mol. The van der Waals surface area contributed by atoms with Gasteiger partial charge in [-0.2, -0.15) is 0 Å². The van der Waals surface area contributed by atoms with Gasteiger partial charge in [0.25, 0.3) is 10.0 Å². The number of hydrogen-bond donors (Lipinski definition) is 2. The predicted molar refractivity (Wildman–Crippen MR) is 124 cm³/mol. The summed E-state index contributed by atoms with van der Waals surface area (Å²) in [5.74, 6) is -0.224. The Labute approximate surface area is 189 Å². The van der Waals surface area contributed by atoms with Crippen molar-refractivity contribution in [3.8, 4) is 0 Å². The Hall–Kier alpha value is -2.19. The SMILES string of the molecule is CC(Sc1ccc(NS(=O)(=O)c2ccccc2)cc1)C(=O)Nc1cccc(Cl)c1Cl. The zero-order valence-corrected chi connectivity index (χ0v) is 18.9. The van der Waals surface area contributed by atoms with Crippen molar-refractivity contribution in [2.45, 2.75) is 22.0 Å². The van der Waals surface area contributed by atoms with Crippen LogP contribution >= 0.6 is 35.0 Å². The van der Waals surface area contributed by atoms with E-state index in [0.29, 0.717) is 21.4 Å². The van der Waals surface area contributed by atoms with E-state index in [1.54, 1.807) is 67.6 Å². The van der Waals surface area contributed by atoms with Gasteiger partial charge in [0.05, 0.1) is 25.9 Å². The first-order valence-corrected chi connectivity index (χ1v) is 12.0. The van der Waals surface area contributed by atoms with Crippen LogP contribution in [-0.2, 0) is 14.8 Å². The third kappa shape index (κ3) is 5.70. The smallest absolute Gasteiger partial charge is 0.261 e. The highest BCUT2D eigenvalue weighted by Crippen LogP contribution is 2.31. The van der Waals surface area contributed by atoms with Crippen molar-refractivity contribution in [1.29, 1.82) is 0 Å². The molecule has 5 nitrogen and oxygen atoms in total. The molecule has 0 aliphatic heterocycles. The van der Waals surface area contributed by atoms with Crippen molar-refractivity contribution < 1.29 is 13.2 Å². The van der Waals surface area contributed by atoms with Crippen LogP contribution in [0, 0.1) is 0 Å². The van der Waals surface area contributed by atoms with Crippen LogP contribution in [0.15, 0.2) is 82.6 Å². The zero-order valence-electron chi connectivity index (χ0n) is 15.8. The normalized spacial score (nSPS) is 12.2. The van der Waals surface area contributed by atoms with E-state index < -0.39 is 15.3 Å². The highest BCUT2D eigenvalue weighted by molar-refractivity contribution is 8.00. The van der Waals surface area contributed by atoms with Gasteiger partial charge in [-0.3, -0.25) is 9.52 Å². The summed E-state index contributed by atoms with van der Waals surface area (Å²) in [4.78, 5) is 13.5. The average Bonchev–Trinajstić information content (AvgIpc) is 2.73. The van der Waals surface area contributed by atoms with Gasteiger partial charge >= 0.3 is 0 Å². The first-order valence-electron chi connectivity index (χ1n) is 8.86. The molecule has 2 N–H and O–H groups in total. The number of carbonyl (C=O) groups is 1. The van der Waals surface area contributed by atoms with Gasteiger partial charge in [-0.1, -0.05) is 47.5 Å². The molecule has 0 aromatic heterocycles. The number of sulfonamides is 1. The third-order valence-corrected chi connectivity index (χ3v) is 7.38. The minimum Gasteiger partial charge on any atom is -0.324 e. The molecule has 0 saturated heterocycles. The molecule has 1 amide bonds. The second-order valence-corrected chi connectivity index (χ2v) is 10.2. The Balaban J connectivity index is 1.62. The van der Waals surface area contributed by atoms with Crippen molar-refractivity contribution in [3.05, 3.63) is 82.8 Å². The fraction of sp³-hybridized carbons (Fsp3) is 0.0952. The number of nitrogens with one attached hydrogen (secondary N) is 2. The lowest BCUT2D eigenvalue weighted by atomic mass is 10.3. The van der Waals surface area contributed by atoms with Gasteiger partial charge in [-0.15, -0.1) is 11.8 Å². The van der Waals surface area contributed by atoms with Crippen LogP contribution in [0.2, 0.25) is 10.0 Å².